The molecule has 1 aliphatic rings. The van der Waals surface area contributed by atoms with Crippen molar-refractivity contribution >= 4 is 20.9 Å². The van der Waals surface area contributed by atoms with E-state index in [0.717, 1.165) is 21.9 Å². The lowest BCUT2D eigenvalue weighted by atomic mass is 9.94. The molecule has 0 N–H and O–H groups in total. The van der Waals surface area contributed by atoms with E-state index in [9.17, 15) is 21.6 Å². The van der Waals surface area contributed by atoms with Gasteiger partial charge in [-0.15, -0.1) is 0 Å². The lowest BCUT2D eigenvalue weighted by Crippen LogP contribution is -2.28. The molecule has 26 heavy (non-hydrogen) atoms. The van der Waals surface area contributed by atoms with E-state index in [1.165, 1.54) is 18.2 Å². The number of ether oxygens (including phenoxy) is 1. The van der Waals surface area contributed by atoms with Crippen molar-refractivity contribution in [3.05, 3.63) is 60.2 Å². The van der Waals surface area contributed by atoms with E-state index < -0.39 is 21.4 Å². The van der Waals surface area contributed by atoms with Crippen molar-refractivity contribution in [2.24, 2.45) is 0 Å². The minimum atomic E-state index is -5.71. The van der Waals surface area contributed by atoms with Crippen LogP contribution in [0.4, 0.5) is 13.2 Å². The van der Waals surface area contributed by atoms with Gasteiger partial charge in [-0.2, -0.15) is 21.6 Å². The number of hydrogen-bond donors (Lipinski definition) is 0. The normalized spacial score (nSPS) is 13.7. The van der Waals surface area contributed by atoms with Gasteiger partial charge in [0.25, 0.3) is 0 Å². The van der Waals surface area contributed by atoms with Gasteiger partial charge in [-0.1, -0.05) is 42.5 Å². The van der Waals surface area contributed by atoms with Crippen LogP contribution in [0.25, 0.3) is 21.9 Å². The fourth-order valence-electron chi connectivity index (χ4n) is 2.94. The summed E-state index contributed by atoms with van der Waals surface area (Å²) in [4.78, 5) is 0. The SMILES string of the molecule is O=S(=O)(Oc1ccc2c(c1)COc1c-2ccc2ccccc12)C(F)(F)F. The van der Waals surface area contributed by atoms with E-state index in [2.05, 4.69) is 4.18 Å². The highest BCUT2D eigenvalue weighted by atomic mass is 32.2. The van der Waals surface area contributed by atoms with Crippen LogP contribution in [0.3, 0.4) is 0 Å². The average Bonchev–Trinajstić information content (AvgIpc) is 2.59. The summed E-state index contributed by atoms with van der Waals surface area (Å²) < 4.78 is 69.7. The molecule has 3 aromatic rings. The maximum absolute atomic E-state index is 12.5. The first-order valence-electron chi connectivity index (χ1n) is 7.55. The molecule has 0 radical (unpaired) electrons. The minimum Gasteiger partial charge on any atom is -0.488 e. The molecule has 0 aromatic heterocycles. The Labute approximate surface area is 146 Å². The fourth-order valence-corrected chi connectivity index (χ4v) is 3.39. The molecule has 0 saturated heterocycles. The van der Waals surface area contributed by atoms with Gasteiger partial charge in [-0.3, -0.25) is 0 Å². The zero-order valence-corrected chi connectivity index (χ0v) is 13.9. The maximum Gasteiger partial charge on any atom is 0.534 e. The Kier molecular flexibility index (Phi) is 3.62. The molecular weight excluding hydrogens is 369 g/mol. The Morgan fingerprint density at radius 2 is 1.69 bits per heavy atom. The topological polar surface area (TPSA) is 52.6 Å². The third-order valence-electron chi connectivity index (χ3n) is 4.11. The smallest absolute Gasteiger partial charge is 0.488 e. The van der Waals surface area contributed by atoms with Crippen molar-refractivity contribution in [3.8, 4) is 22.6 Å². The lowest BCUT2D eigenvalue weighted by Gasteiger charge is -2.23. The third-order valence-corrected chi connectivity index (χ3v) is 5.09. The van der Waals surface area contributed by atoms with Gasteiger partial charge >= 0.3 is 15.6 Å². The van der Waals surface area contributed by atoms with E-state index in [1.807, 2.05) is 36.4 Å². The molecule has 8 heteroatoms. The van der Waals surface area contributed by atoms with Gasteiger partial charge in [-0.05, 0) is 23.1 Å². The van der Waals surface area contributed by atoms with Crippen LogP contribution in [0, 0.1) is 0 Å². The number of fused-ring (bicyclic) bond motifs is 5. The van der Waals surface area contributed by atoms with Gasteiger partial charge in [0.2, 0.25) is 0 Å². The molecule has 4 rings (SSSR count). The molecule has 0 spiro atoms. The maximum atomic E-state index is 12.5. The first-order valence-corrected chi connectivity index (χ1v) is 8.96. The standard InChI is InChI=1S/C18H11F3O4S/c19-18(20,21)26(22,23)25-13-6-8-14-12(9-13)10-24-17-15-4-2-1-3-11(15)5-7-16(14)17/h1-9H,10H2. The molecule has 0 unspecified atom stereocenters. The summed E-state index contributed by atoms with van der Waals surface area (Å²) in [5.74, 6) is 0.279. The van der Waals surface area contributed by atoms with Crippen molar-refractivity contribution in [2.75, 3.05) is 0 Å². The summed E-state index contributed by atoms with van der Waals surface area (Å²) in [5.41, 5.74) is -3.39. The second-order valence-corrected chi connectivity index (χ2v) is 7.29. The molecule has 0 saturated carbocycles. The highest BCUT2D eigenvalue weighted by Gasteiger charge is 2.48. The minimum absolute atomic E-state index is 0.0968. The largest absolute Gasteiger partial charge is 0.534 e. The Hall–Kier alpha value is -2.74. The van der Waals surface area contributed by atoms with Gasteiger partial charge in [0.1, 0.15) is 18.1 Å². The number of alkyl halides is 3. The van der Waals surface area contributed by atoms with E-state index in [0.29, 0.717) is 11.3 Å². The van der Waals surface area contributed by atoms with Crippen molar-refractivity contribution in [2.45, 2.75) is 12.1 Å². The Morgan fingerprint density at radius 3 is 2.46 bits per heavy atom. The molecule has 0 amide bonds. The van der Waals surface area contributed by atoms with Crippen molar-refractivity contribution in [1.29, 1.82) is 0 Å². The summed E-state index contributed by atoms with van der Waals surface area (Å²) >= 11 is 0. The van der Waals surface area contributed by atoms with Gasteiger partial charge in [0.15, 0.2) is 0 Å². The van der Waals surface area contributed by atoms with Crippen LogP contribution in [0.5, 0.6) is 11.5 Å². The lowest BCUT2D eigenvalue weighted by molar-refractivity contribution is -0.0500. The number of rotatable bonds is 2. The molecular formula is C18H11F3O4S. The summed E-state index contributed by atoms with van der Waals surface area (Å²) in [7, 11) is -5.71. The van der Waals surface area contributed by atoms with Gasteiger partial charge in [0.05, 0.1) is 0 Å². The van der Waals surface area contributed by atoms with Gasteiger partial charge in [-0.25, -0.2) is 0 Å². The molecule has 0 fully saturated rings. The Balaban J connectivity index is 1.77. The quantitative estimate of drug-likeness (QED) is 0.481. The summed E-state index contributed by atoms with van der Waals surface area (Å²) in [5, 5.41) is 1.93. The van der Waals surface area contributed by atoms with Gasteiger partial charge < -0.3 is 8.92 Å². The Bertz CT molecular complexity index is 1120. The van der Waals surface area contributed by atoms with E-state index in [-0.39, 0.29) is 6.61 Å². The molecule has 1 aliphatic heterocycles. The Morgan fingerprint density at radius 1 is 0.962 bits per heavy atom. The number of benzene rings is 3. The molecule has 0 bridgehead atoms. The molecule has 0 atom stereocenters. The summed E-state index contributed by atoms with van der Waals surface area (Å²) in [6, 6.07) is 15.4. The van der Waals surface area contributed by atoms with E-state index in [1.54, 1.807) is 0 Å². The highest BCUT2D eigenvalue weighted by Crippen LogP contribution is 2.43. The highest BCUT2D eigenvalue weighted by molar-refractivity contribution is 7.88. The van der Waals surface area contributed by atoms with E-state index in [4.69, 9.17) is 4.74 Å². The first kappa shape index (κ1) is 16.7. The summed E-state index contributed by atoms with van der Waals surface area (Å²) in [6.07, 6.45) is 0. The first-order chi connectivity index (χ1) is 12.3. The summed E-state index contributed by atoms with van der Waals surface area (Å²) in [6.45, 7) is 0.0968. The van der Waals surface area contributed by atoms with Crippen LogP contribution < -0.4 is 8.92 Å². The van der Waals surface area contributed by atoms with Crippen LogP contribution in [0.1, 0.15) is 5.56 Å². The van der Waals surface area contributed by atoms with Crippen molar-refractivity contribution < 1.29 is 30.5 Å². The van der Waals surface area contributed by atoms with Crippen LogP contribution in [-0.2, 0) is 16.7 Å². The van der Waals surface area contributed by atoms with Crippen LogP contribution >= 0.6 is 0 Å². The van der Waals surface area contributed by atoms with E-state index >= 15 is 0 Å². The van der Waals surface area contributed by atoms with Crippen LogP contribution in [-0.4, -0.2) is 13.9 Å². The fraction of sp³-hybridized carbons (Fsp3) is 0.111. The van der Waals surface area contributed by atoms with Crippen LogP contribution in [0.2, 0.25) is 0 Å². The average molecular weight is 380 g/mol. The zero-order chi connectivity index (χ0) is 18.5. The number of hydrogen-bond acceptors (Lipinski definition) is 4. The molecule has 3 aromatic carbocycles. The predicted octanol–water partition coefficient (Wildman–Crippen LogP) is 4.63. The molecule has 4 nitrogen and oxygen atoms in total. The van der Waals surface area contributed by atoms with Crippen LogP contribution in [0.15, 0.2) is 54.6 Å². The molecule has 0 aliphatic carbocycles. The zero-order valence-electron chi connectivity index (χ0n) is 13.1. The van der Waals surface area contributed by atoms with Crippen molar-refractivity contribution in [3.63, 3.8) is 0 Å². The predicted molar refractivity (Wildman–Crippen MR) is 89.3 cm³/mol. The number of halogens is 3. The second kappa shape index (κ2) is 5.63. The van der Waals surface area contributed by atoms with Crippen molar-refractivity contribution in [1.82, 2.24) is 0 Å². The monoisotopic (exact) mass is 380 g/mol. The van der Waals surface area contributed by atoms with Gasteiger partial charge in [0, 0.05) is 16.5 Å². The second-order valence-electron chi connectivity index (χ2n) is 5.75. The third kappa shape index (κ3) is 2.66. The molecule has 134 valence electrons. The molecule has 1 heterocycles.